The van der Waals surface area contributed by atoms with Crippen LogP contribution in [0.2, 0.25) is 0 Å². The molecule has 0 spiro atoms. The van der Waals surface area contributed by atoms with Gasteiger partial charge in [-0.2, -0.15) is 0 Å². The minimum absolute atomic E-state index is 0.584. The molecule has 0 aromatic heterocycles. The molecule has 4 fully saturated rings. The molecule has 0 amide bonds. The molecule has 4 saturated carbocycles. The summed E-state index contributed by atoms with van der Waals surface area (Å²) in [6.45, 7) is 2.48. The highest BCUT2D eigenvalue weighted by atomic mass is 16.6. The summed E-state index contributed by atoms with van der Waals surface area (Å²) in [6, 6.07) is 0. The van der Waals surface area contributed by atoms with Crippen molar-refractivity contribution in [2.45, 2.75) is 51.7 Å². The van der Waals surface area contributed by atoms with Crippen LogP contribution in [-0.4, -0.2) is 18.0 Å². The fourth-order valence-corrected chi connectivity index (χ4v) is 6.42. The predicted molar refractivity (Wildman–Crippen MR) is 69.8 cm³/mol. The molecule has 0 aromatic carbocycles. The number of ether oxygens (including phenoxy) is 1. The first-order chi connectivity index (χ1) is 8.74. The van der Waals surface area contributed by atoms with Crippen molar-refractivity contribution in [1.29, 1.82) is 0 Å². The van der Waals surface area contributed by atoms with E-state index in [4.69, 9.17) is 4.74 Å². The molecule has 102 valence electrons. The number of aliphatic hydroxyl groups excluding tert-OH is 1. The van der Waals surface area contributed by atoms with E-state index in [1.165, 1.54) is 25.7 Å². The average molecular weight is 250 g/mol. The molecule has 0 aliphatic heterocycles. The zero-order valence-electron chi connectivity index (χ0n) is 11.4. The molecular formula is C16H26O2. The van der Waals surface area contributed by atoms with Crippen LogP contribution in [0, 0.1) is 41.4 Å². The summed E-state index contributed by atoms with van der Waals surface area (Å²) in [5, 5.41) is 9.17. The van der Waals surface area contributed by atoms with Crippen molar-refractivity contribution < 1.29 is 9.84 Å². The van der Waals surface area contributed by atoms with Gasteiger partial charge in [-0.15, -0.1) is 0 Å². The van der Waals surface area contributed by atoms with Gasteiger partial charge in [-0.25, -0.2) is 0 Å². The van der Waals surface area contributed by atoms with E-state index in [2.05, 4.69) is 0 Å². The summed E-state index contributed by atoms with van der Waals surface area (Å²) >= 11 is 0. The molecule has 0 saturated heterocycles. The summed E-state index contributed by atoms with van der Waals surface area (Å²) in [6.07, 6.45) is 8.25. The lowest BCUT2D eigenvalue weighted by Gasteiger charge is -2.38. The number of hydrogen-bond donors (Lipinski definition) is 1. The number of aliphatic hydroxyl groups is 1. The Hall–Kier alpha value is -0.0800. The first-order valence-electron chi connectivity index (χ1n) is 8.03. The second-order valence-corrected chi connectivity index (χ2v) is 7.40. The normalized spacial score (nSPS) is 54.0. The largest absolute Gasteiger partial charge is 0.368 e. The van der Waals surface area contributed by atoms with Crippen molar-refractivity contribution >= 4 is 0 Å². The van der Waals surface area contributed by atoms with Gasteiger partial charge in [0.05, 0.1) is 0 Å². The van der Waals surface area contributed by atoms with E-state index in [1.807, 2.05) is 0 Å². The molecule has 2 heteroatoms. The lowest BCUT2D eigenvalue weighted by Crippen LogP contribution is -2.33. The van der Waals surface area contributed by atoms with Crippen LogP contribution in [0.15, 0.2) is 0 Å². The lowest BCUT2D eigenvalue weighted by atomic mass is 9.67. The Balaban J connectivity index is 1.40. The summed E-state index contributed by atoms with van der Waals surface area (Å²) < 4.78 is 5.34. The molecule has 4 aliphatic carbocycles. The standard InChI is InChI=1S/C16H26O2/c1-9(17)18-5-4-10-6-13-8-14(10)16-12-3-2-11(7-12)15(13)16/h9-17H,2-8H2,1H3. The van der Waals surface area contributed by atoms with Gasteiger partial charge in [0.15, 0.2) is 6.29 Å². The second kappa shape index (κ2) is 4.21. The Morgan fingerprint density at radius 1 is 1.06 bits per heavy atom. The van der Waals surface area contributed by atoms with Gasteiger partial charge >= 0.3 is 0 Å². The Morgan fingerprint density at radius 3 is 2.61 bits per heavy atom. The average Bonchev–Trinajstić information content (AvgIpc) is 3.06. The van der Waals surface area contributed by atoms with E-state index in [0.29, 0.717) is 0 Å². The maximum Gasteiger partial charge on any atom is 0.151 e. The van der Waals surface area contributed by atoms with Gasteiger partial charge in [0, 0.05) is 6.61 Å². The van der Waals surface area contributed by atoms with Gasteiger partial charge in [0.2, 0.25) is 0 Å². The van der Waals surface area contributed by atoms with Crippen LogP contribution < -0.4 is 0 Å². The third-order valence-corrected chi connectivity index (χ3v) is 6.72. The van der Waals surface area contributed by atoms with E-state index in [1.54, 1.807) is 19.8 Å². The molecule has 0 aromatic rings. The molecule has 8 unspecified atom stereocenters. The summed E-state index contributed by atoms with van der Waals surface area (Å²) in [5.74, 6) is 7.43. The first kappa shape index (κ1) is 11.7. The minimum Gasteiger partial charge on any atom is -0.368 e. The van der Waals surface area contributed by atoms with E-state index < -0.39 is 6.29 Å². The summed E-state index contributed by atoms with van der Waals surface area (Å²) in [4.78, 5) is 0. The fraction of sp³-hybridized carbons (Fsp3) is 1.00. The topological polar surface area (TPSA) is 29.5 Å². The maximum atomic E-state index is 9.17. The Bertz CT molecular complexity index is 327. The predicted octanol–water partition coefficient (Wildman–Crippen LogP) is 3.05. The van der Waals surface area contributed by atoms with Gasteiger partial charge in [-0.1, -0.05) is 0 Å². The monoisotopic (exact) mass is 250 g/mol. The zero-order valence-corrected chi connectivity index (χ0v) is 11.4. The first-order valence-corrected chi connectivity index (χ1v) is 8.03. The van der Waals surface area contributed by atoms with Crippen molar-refractivity contribution in [1.82, 2.24) is 0 Å². The van der Waals surface area contributed by atoms with Gasteiger partial charge in [0.1, 0.15) is 0 Å². The number of hydrogen-bond acceptors (Lipinski definition) is 2. The molecule has 1 N–H and O–H groups in total. The van der Waals surface area contributed by atoms with Gasteiger partial charge < -0.3 is 9.84 Å². The summed E-state index contributed by atoms with van der Waals surface area (Å²) in [7, 11) is 0. The maximum absolute atomic E-state index is 9.17. The fourth-order valence-electron chi connectivity index (χ4n) is 6.42. The quantitative estimate of drug-likeness (QED) is 0.614. The van der Waals surface area contributed by atoms with Gasteiger partial charge in [0.25, 0.3) is 0 Å². The molecular weight excluding hydrogens is 224 g/mol. The molecule has 4 aliphatic rings. The number of rotatable bonds is 4. The Labute approximate surface area is 110 Å². The molecule has 0 heterocycles. The van der Waals surface area contributed by atoms with Crippen LogP contribution in [-0.2, 0) is 4.74 Å². The van der Waals surface area contributed by atoms with Crippen molar-refractivity contribution in [2.24, 2.45) is 41.4 Å². The van der Waals surface area contributed by atoms with Crippen molar-refractivity contribution in [3.8, 4) is 0 Å². The van der Waals surface area contributed by atoms with Crippen LogP contribution in [0.4, 0.5) is 0 Å². The van der Waals surface area contributed by atoms with Crippen LogP contribution in [0.5, 0.6) is 0 Å². The van der Waals surface area contributed by atoms with E-state index in [0.717, 1.165) is 48.0 Å². The van der Waals surface area contributed by atoms with E-state index >= 15 is 0 Å². The highest BCUT2D eigenvalue weighted by Gasteiger charge is 2.61. The van der Waals surface area contributed by atoms with Crippen LogP contribution in [0.1, 0.15) is 45.4 Å². The second-order valence-electron chi connectivity index (χ2n) is 7.40. The SMILES string of the molecule is CC(O)OCCC1CC2CC1C1C3CCC(C3)C21. The highest BCUT2D eigenvalue weighted by Crippen LogP contribution is 2.69. The lowest BCUT2D eigenvalue weighted by molar-refractivity contribution is -0.0908. The Kier molecular flexibility index (Phi) is 2.74. The van der Waals surface area contributed by atoms with E-state index in [-0.39, 0.29) is 0 Å². The Morgan fingerprint density at radius 2 is 1.83 bits per heavy atom. The van der Waals surface area contributed by atoms with Crippen LogP contribution in [0.3, 0.4) is 0 Å². The van der Waals surface area contributed by atoms with E-state index in [9.17, 15) is 5.11 Å². The van der Waals surface area contributed by atoms with Crippen molar-refractivity contribution in [2.75, 3.05) is 6.61 Å². The highest BCUT2D eigenvalue weighted by molar-refractivity contribution is 5.10. The van der Waals surface area contributed by atoms with Gasteiger partial charge in [-0.05, 0) is 86.9 Å². The third-order valence-electron chi connectivity index (χ3n) is 6.72. The molecule has 4 bridgehead atoms. The van der Waals surface area contributed by atoms with Crippen molar-refractivity contribution in [3.63, 3.8) is 0 Å². The number of fused-ring (bicyclic) bond motifs is 9. The molecule has 18 heavy (non-hydrogen) atoms. The minimum atomic E-state index is -0.584. The van der Waals surface area contributed by atoms with Crippen LogP contribution in [0.25, 0.3) is 0 Å². The third kappa shape index (κ3) is 1.61. The molecule has 2 nitrogen and oxygen atoms in total. The molecule has 8 atom stereocenters. The molecule has 0 radical (unpaired) electrons. The summed E-state index contributed by atoms with van der Waals surface area (Å²) in [5.41, 5.74) is 0. The molecule has 4 rings (SSSR count). The zero-order chi connectivity index (χ0) is 12.3. The van der Waals surface area contributed by atoms with Crippen LogP contribution >= 0.6 is 0 Å². The van der Waals surface area contributed by atoms with Crippen molar-refractivity contribution in [3.05, 3.63) is 0 Å². The van der Waals surface area contributed by atoms with Gasteiger partial charge in [-0.3, -0.25) is 0 Å². The smallest absolute Gasteiger partial charge is 0.151 e.